The van der Waals surface area contributed by atoms with E-state index in [9.17, 15) is 14.4 Å². The van der Waals surface area contributed by atoms with Crippen LogP contribution in [0.25, 0.3) is 22.0 Å². The highest BCUT2D eigenvalue weighted by atomic mass is 16.5. The highest BCUT2D eigenvalue weighted by Crippen LogP contribution is 2.39. The Kier molecular flexibility index (Phi) is 11.2. The Morgan fingerprint density at radius 3 is 2.20 bits per heavy atom. The standard InChI is InChI=1S/C37H45N7O6/c1-23(43(5)6)22-50-36(47)42-30-19-24(37(2,3)4)18-29(33(30)48-7)41-35(46)40-28-13-12-27(25-10-8-9-11-26(25)28)31-20-39-32(21-38-31)34(45)44-14-16-49-17-15-44/h8-13,18-21,23H,14-17,22H2,1-7H3,(H,42,47)(H2,40,41,46). The molecule has 2 heterocycles. The third-order valence-corrected chi connectivity index (χ3v) is 8.60. The topological polar surface area (TPSA) is 147 Å². The number of methoxy groups -OCH3 is 1. The minimum absolute atomic E-state index is 0.0272. The van der Waals surface area contributed by atoms with Gasteiger partial charge in [0.05, 0.1) is 55.5 Å². The second kappa shape index (κ2) is 15.5. The molecule has 1 aromatic heterocycles. The summed E-state index contributed by atoms with van der Waals surface area (Å²) < 4.78 is 16.5. The van der Waals surface area contributed by atoms with E-state index in [1.807, 2.05) is 89.2 Å². The molecule has 0 radical (unpaired) electrons. The average Bonchev–Trinajstić information content (AvgIpc) is 3.10. The molecule has 1 saturated heterocycles. The summed E-state index contributed by atoms with van der Waals surface area (Å²) in [7, 11) is 5.29. The van der Waals surface area contributed by atoms with E-state index in [0.717, 1.165) is 21.9 Å². The number of morpholine rings is 1. The van der Waals surface area contributed by atoms with Crippen molar-refractivity contribution in [1.82, 2.24) is 19.8 Å². The maximum absolute atomic E-state index is 13.6. The van der Waals surface area contributed by atoms with Crippen molar-refractivity contribution in [2.45, 2.75) is 39.2 Å². The van der Waals surface area contributed by atoms with Crippen molar-refractivity contribution in [2.24, 2.45) is 0 Å². The van der Waals surface area contributed by atoms with Gasteiger partial charge in [-0.1, -0.05) is 51.1 Å². The summed E-state index contributed by atoms with van der Waals surface area (Å²) in [6.07, 6.45) is 2.45. The summed E-state index contributed by atoms with van der Waals surface area (Å²) in [5.74, 6) is 0.102. The maximum Gasteiger partial charge on any atom is 0.411 e. The van der Waals surface area contributed by atoms with E-state index in [1.54, 1.807) is 17.2 Å². The number of nitrogens with one attached hydrogen (secondary N) is 3. The third kappa shape index (κ3) is 8.47. The normalized spacial score (nSPS) is 13.9. The van der Waals surface area contributed by atoms with Crippen molar-refractivity contribution < 1.29 is 28.6 Å². The average molecular weight is 684 g/mol. The van der Waals surface area contributed by atoms with E-state index >= 15 is 0 Å². The van der Waals surface area contributed by atoms with E-state index in [2.05, 4.69) is 25.9 Å². The SMILES string of the molecule is COc1c(NC(=O)Nc2ccc(-c3cnc(C(=O)N4CCOCC4)cn3)c3ccccc23)cc(C(C)(C)C)cc1NC(=O)OCC(C)N(C)C. The molecule has 0 saturated carbocycles. The lowest BCUT2D eigenvalue weighted by atomic mass is 9.86. The summed E-state index contributed by atoms with van der Waals surface area (Å²) in [6.45, 7) is 10.3. The Morgan fingerprint density at radius 1 is 0.920 bits per heavy atom. The number of hydrogen-bond acceptors (Lipinski definition) is 9. The van der Waals surface area contributed by atoms with Crippen molar-refractivity contribution in [3.8, 4) is 17.0 Å². The highest BCUT2D eigenvalue weighted by Gasteiger charge is 2.24. The Morgan fingerprint density at radius 2 is 1.58 bits per heavy atom. The van der Waals surface area contributed by atoms with Crippen LogP contribution < -0.4 is 20.7 Å². The Labute approximate surface area is 292 Å². The van der Waals surface area contributed by atoms with Gasteiger partial charge in [0.25, 0.3) is 5.91 Å². The Balaban J connectivity index is 1.37. The van der Waals surface area contributed by atoms with E-state index in [0.29, 0.717) is 49.1 Å². The zero-order chi connectivity index (χ0) is 36.0. The molecular formula is C37H45N7O6. The number of ether oxygens (including phenoxy) is 3. The fourth-order valence-electron chi connectivity index (χ4n) is 5.37. The van der Waals surface area contributed by atoms with Gasteiger partial charge in [-0.25, -0.2) is 14.6 Å². The molecule has 1 aliphatic heterocycles. The van der Waals surface area contributed by atoms with E-state index in [-0.39, 0.29) is 35.4 Å². The lowest BCUT2D eigenvalue weighted by molar-refractivity contribution is 0.0298. The number of nitrogens with zero attached hydrogens (tertiary/aromatic N) is 4. The van der Waals surface area contributed by atoms with Gasteiger partial charge in [0.15, 0.2) is 5.75 Å². The molecule has 4 aromatic rings. The first-order valence-corrected chi connectivity index (χ1v) is 16.5. The number of carbonyl (C=O) groups excluding carboxylic acids is 3. The van der Waals surface area contributed by atoms with Gasteiger partial charge in [0.2, 0.25) is 0 Å². The molecule has 1 atom stereocenters. The molecule has 264 valence electrons. The predicted octanol–water partition coefficient (Wildman–Crippen LogP) is 6.22. The fourth-order valence-corrected chi connectivity index (χ4v) is 5.37. The number of anilines is 3. The van der Waals surface area contributed by atoms with E-state index in [1.165, 1.54) is 13.3 Å². The highest BCUT2D eigenvalue weighted by molar-refractivity contribution is 6.10. The maximum atomic E-state index is 13.6. The summed E-state index contributed by atoms with van der Waals surface area (Å²) in [5.41, 5.74) is 3.51. The summed E-state index contributed by atoms with van der Waals surface area (Å²) >= 11 is 0. The van der Waals surface area contributed by atoms with Gasteiger partial charge in [-0.2, -0.15) is 0 Å². The smallest absolute Gasteiger partial charge is 0.411 e. The molecule has 1 fully saturated rings. The van der Waals surface area contributed by atoms with Crippen LogP contribution >= 0.6 is 0 Å². The van der Waals surface area contributed by atoms with E-state index < -0.39 is 12.1 Å². The van der Waals surface area contributed by atoms with Gasteiger partial charge < -0.3 is 34.6 Å². The first kappa shape index (κ1) is 36.0. The molecule has 0 aliphatic carbocycles. The zero-order valence-corrected chi connectivity index (χ0v) is 29.6. The number of hydrogen-bond donors (Lipinski definition) is 3. The molecule has 3 N–H and O–H groups in total. The monoisotopic (exact) mass is 683 g/mol. The second-order valence-electron chi connectivity index (χ2n) is 13.4. The van der Waals surface area contributed by atoms with Crippen molar-refractivity contribution in [3.05, 3.63) is 72.2 Å². The molecule has 13 nitrogen and oxygen atoms in total. The number of benzene rings is 3. The van der Waals surface area contributed by atoms with Gasteiger partial charge in [-0.3, -0.25) is 15.1 Å². The molecule has 1 unspecified atom stereocenters. The first-order valence-electron chi connectivity index (χ1n) is 16.5. The van der Waals surface area contributed by atoms with E-state index in [4.69, 9.17) is 14.2 Å². The Hall–Kier alpha value is -5.27. The lowest BCUT2D eigenvalue weighted by Gasteiger charge is -2.26. The van der Waals surface area contributed by atoms with Crippen molar-refractivity contribution >= 4 is 45.9 Å². The van der Waals surface area contributed by atoms with Crippen LogP contribution in [0, 0.1) is 0 Å². The zero-order valence-electron chi connectivity index (χ0n) is 29.6. The van der Waals surface area contributed by atoms with Crippen LogP contribution in [0.3, 0.4) is 0 Å². The minimum atomic E-state index is -0.631. The molecule has 0 bridgehead atoms. The number of rotatable bonds is 9. The molecule has 13 heteroatoms. The third-order valence-electron chi connectivity index (χ3n) is 8.60. The van der Waals surface area contributed by atoms with Crippen molar-refractivity contribution in [1.29, 1.82) is 0 Å². The minimum Gasteiger partial charge on any atom is -0.492 e. The van der Waals surface area contributed by atoms with Crippen molar-refractivity contribution in [3.63, 3.8) is 0 Å². The summed E-state index contributed by atoms with van der Waals surface area (Å²) in [5, 5.41) is 10.3. The van der Waals surface area contributed by atoms with Crippen LogP contribution in [0.2, 0.25) is 0 Å². The number of amides is 4. The van der Waals surface area contributed by atoms with Gasteiger partial charge in [0.1, 0.15) is 12.3 Å². The Bertz CT molecular complexity index is 1850. The van der Waals surface area contributed by atoms with Crippen LogP contribution in [0.5, 0.6) is 5.75 Å². The van der Waals surface area contributed by atoms with Crippen LogP contribution in [-0.4, -0.2) is 98.0 Å². The number of likely N-dealkylation sites (N-methyl/N-ethyl adjacent to an activating group) is 1. The van der Waals surface area contributed by atoms with Crippen LogP contribution in [-0.2, 0) is 14.9 Å². The quantitative estimate of drug-likeness (QED) is 0.187. The van der Waals surface area contributed by atoms with Gasteiger partial charge in [-0.05, 0) is 55.6 Å². The molecule has 50 heavy (non-hydrogen) atoms. The van der Waals surface area contributed by atoms with Crippen molar-refractivity contribution in [2.75, 3.05) is 70.1 Å². The van der Waals surface area contributed by atoms with Crippen LogP contribution in [0.15, 0.2) is 60.9 Å². The fraction of sp³-hybridized carbons (Fsp3) is 0.378. The van der Waals surface area contributed by atoms with Gasteiger partial charge >= 0.3 is 12.1 Å². The molecular weight excluding hydrogens is 638 g/mol. The second-order valence-corrected chi connectivity index (χ2v) is 13.4. The number of fused-ring (bicyclic) bond motifs is 1. The molecule has 0 spiro atoms. The predicted molar refractivity (Wildman–Crippen MR) is 194 cm³/mol. The molecule has 3 aromatic carbocycles. The molecule has 4 amide bonds. The van der Waals surface area contributed by atoms with Crippen LogP contribution in [0.4, 0.5) is 26.7 Å². The summed E-state index contributed by atoms with van der Waals surface area (Å²) in [6, 6.07) is 14.5. The number of urea groups is 1. The lowest BCUT2D eigenvalue weighted by Crippen LogP contribution is -2.41. The summed E-state index contributed by atoms with van der Waals surface area (Å²) in [4.78, 5) is 51.9. The molecule has 1 aliphatic rings. The number of aromatic nitrogens is 2. The largest absolute Gasteiger partial charge is 0.492 e. The van der Waals surface area contributed by atoms with Gasteiger partial charge in [0, 0.05) is 30.1 Å². The van der Waals surface area contributed by atoms with Gasteiger partial charge in [-0.15, -0.1) is 0 Å². The molecule has 5 rings (SSSR count). The first-order chi connectivity index (χ1) is 23.8. The van der Waals surface area contributed by atoms with Crippen LogP contribution in [0.1, 0.15) is 43.7 Å². The number of carbonyl (C=O) groups is 3.